The van der Waals surface area contributed by atoms with Crippen LogP contribution in [-0.2, 0) is 15.5 Å². The highest BCUT2D eigenvalue weighted by molar-refractivity contribution is 7.99. The second-order valence-electron chi connectivity index (χ2n) is 5.97. The number of ether oxygens (including phenoxy) is 1. The maximum Gasteiger partial charge on any atom is 0.0713 e. The summed E-state index contributed by atoms with van der Waals surface area (Å²) >= 11 is 2.05. The highest BCUT2D eigenvalue weighted by Crippen LogP contribution is 2.37. The minimum absolute atomic E-state index is 0.161. The second kappa shape index (κ2) is 7.43. The first-order valence-electron chi connectivity index (χ1n) is 7.37. The maximum absolute atomic E-state index is 11.1. The van der Waals surface area contributed by atoms with Crippen molar-refractivity contribution in [2.24, 2.45) is 0 Å². The van der Waals surface area contributed by atoms with Crippen LogP contribution in [0.15, 0.2) is 0 Å². The van der Waals surface area contributed by atoms with Crippen LogP contribution in [-0.4, -0.2) is 52.0 Å². The third kappa shape index (κ3) is 5.03. The molecule has 3 nitrogen and oxygen atoms in total. The van der Waals surface area contributed by atoms with Gasteiger partial charge in [0.25, 0.3) is 0 Å². The van der Waals surface area contributed by atoms with Gasteiger partial charge in [-0.05, 0) is 50.5 Å². The van der Waals surface area contributed by atoms with Crippen molar-refractivity contribution in [3.63, 3.8) is 0 Å². The molecule has 2 rings (SSSR count). The predicted octanol–water partition coefficient (Wildman–Crippen LogP) is 2.18. The van der Waals surface area contributed by atoms with Crippen LogP contribution in [0.1, 0.15) is 39.0 Å². The summed E-state index contributed by atoms with van der Waals surface area (Å²) in [4.78, 5) is 0. The molecule has 0 aromatic carbocycles. The fraction of sp³-hybridized carbons (Fsp3) is 1.00. The molecule has 0 radical (unpaired) electrons. The summed E-state index contributed by atoms with van der Waals surface area (Å²) < 4.78 is 17.3. The molecule has 2 aliphatic heterocycles. The Bertz CT molecular complexity index is 300. The van der Waals surface area contributed by atoms with Gasteiger partial charge in [0, 0.05) is 41.5 Å². The van der Waals surface area contributed by atoms with Gasteiger partial charge in [-0.3, -0.25) is 4.21 Å². The molecule has 3 unspecified atom stereocenters. The Balaban J connectivity index is 1.78. The second-order valence-corrected chi connectivity index (χ2v) is 8.75. The lowest BCUT2D eigenvalue weighted by Gasteiger charge is -2.44. The molecule has 1 N–H and O–H groups in total. The van der Waals surface area contributed by atoms with E-state index in [2.05, 4.69) is 24.0 Å². The number of hydrogen-bond acceptors (Lipinski definition) is 4. The van der Waals surface area contributed by atoms with Gasteiger partial charge in [0.1, 0.15) is 0 Å². The lowest BCUT2D eigenvalue weighted by atomic mass is 9.85. The van der Waals surface area contributed by atoms with Crippen molar-refractivity contribution < 1.29 is 8.95 Å². The first-order valence-corrected chi connectivity index (χ1v) is 10.3. The lowest BCUT2D eigenvalue weighted by molar-refractivity contribution is -0.0940. The van der Waals surface area contributed by atoms with Crippen LogP contribution in [0.25, 0.3) is 0 Å². The monoisotopic (exact) mass is 305 g/mol. The molecule has 2 aliphatic rings. The molecule has 2 fully saturated rings. The molecule has 5 heteroatoms. The van der Waals surface area contributed by atoms with Crippen LogP contribution in [0.4, 0.5) is 0 Å². The van der Waals surface area contributed by atoms with E-state index in [0.29, 0.717) is 12.1 Å². The minimum Gasteiger partial charge on any atom is -0.375 e. The van der Waals surface area contributed by atoms with E-state index in [4.69, 9.17) is 4.74 Å². The first kappa shape index (κ1) is 15.8. The summed E-state index contributed by atoms with van der Waals surface area (Å²) in [6, 6.07) is 1.04. The Hall–Kier alpha value is 0.420. The summed E-state index contributed by atoms with van der Waals surface area (Å²) in [5, 5.41) is 3.72. The summed E-state index contributed by atoms with van der Waals surface area (Å²) in [6.45, 7) is 3.11. The van der Waals surface area contributed by atoms with Gasteiger partial charge >= 0.3 is 0 Å². The first-order chi connectivity index (χ1) is 9.10. The number of thioether (sulfide) groups is 1. The van der Waals surface area contributed by atoms with Crippen molar-refractivity contribution in [3.05, 3.63) is 0 Å². The van der Waals surface area contributed by atoms with E-state index in [-0.39, 0.29) is 5.60 Å². The standard InChI is InChI=1S/C14H27NO2S2/c1-12(4-10-19(2)16)15-13-3-7-17-14(11-13)5-8-18-9-6-14/h12-13,15H,3-11H2,1-2H3. The SMILES string of the molecule is CC(CCS(C)=O)NC1CCOC2(CCSCC2)C1. The van der Waals surface area contributed by atoms with Gasteiger partial charge in [-0.15, -0.1) is 0 Å². The van der Waals surface area contributed by atoms with Crippen LogP contribution < -0.4 is 5.32 Å². The van der Waals surface area contributed by atoms with Crippen molar-refractivity contribution in [3.8, 4) is 0 Å². The van der Waals surface area contributed by atoms with Crippen molar-refractivity contribution in [1.82, 2.24) is 5.32 Å². The Labute approximate surface area is 124 Å². The van der Waals surface area contributed by atoms with E-state index in [0.717, 1.165) is 31.6 Å². The highest BCUT2D eigenvalue weighted by atomic mass is 32.2. The smallest absolute Gasteiger partial charge is 0.0713 e. The molecule has 2 saturated heterocycles. The average Bonchev–Trinajstić information content (AvgIpc) is 2.37. The summed E-state index contributed by atoms with van der Waals surface area (Å²) in [5.74, 6) is 3.30. The van der Waals surface area contributed by atoms with Gasteiger partial charge in [0.15, 0.2) is 0 Å². The Morgan fingerprint density at radius 3 is 2.89 bits per heavy atom. The van der Waals surface area contributed by atoms with E-state index in [1.165, 1.54) is 24.3 Å². The third-order valence-electron chi connectivity index (χ3n) is 4.26. The molecule has 0 amide bonds. The van der Waals surface area contributed by atoms with Gasteiger partial charge in [0.05, 0.1) is 5.60 Å². The average molecular weight is 306 g/mol. The Morgan fingerprint density at radius 2 is 2.21 bits per heavy atom. The fourth-order valence-electron chi connectivity index (χ4n) is 3.09. The zero-order chi connectivity index (χ0) is 13.7. The summed E-state index contributed by atoms with van der Waals surface area (Å²) in [7, 11) is -0.671. The molecule has 1 spiro atoms. The van der Waals surface area contributed by atoms with Crippen LogP contribution in [0, 0.1) is 0 Å². The van der Waals surface area contributed by atoms with E-state index in [9.17, 15) is 4.21 Å². The number of hydrogen-bond donors (Lipinski definition) is 1. The minimum atomic E-state index is -0.671. The molecule has 112 valence electrons. The van der Waals surface area contributed by atoms with Crippen LogP contribution >= 0.6 is 11.8 Å². The molecule has 0 saturated carbocycles. The van der Waals surface area contributed by atoms with E-state index >= 15 is 0 Å². The zero-order valence-corrected chi connectivity index (χ0v) is 13.8. The largest absolute Gasteiger partial charge is 0.375 e. The van der Waals surface area contributed by atoms with Gasteiger partial charge < -0.3 is 10.1 Å². The number of nitrogens with one attached hydrogen (secondary N) is 1. The van der Waals surface area contributed by atoms with Crippen molar-refractivity contribution in [1.29, 1.82) is 0 Å². The predicted molar refractivity (Wildman–Crippen MR) is 84.4 cm³/mol. The molecule has 19 heavy (non-hydrogen) atoms. The topological polar surface area (TPSA) is 38.3 Å². The van der Waals surface area contributed by atoms with E-state index in [1.807, 2.05) is 0 Å². The number of rotatable bonds is 5. The van der Waals surface area contributed by atoms with Crippen molar-refractivity contribution in [2.45, 2.75) is 56.7 Å². The molecule has 0 aromatic rings. The van der Waals surface area contributed by atoms with E-state index < -0.39 is 10.8 Å². The fourth-order valence-corrected chi connectivity index (χ4v) is 5.01. The Kier molecular flexibility index (Phi) is 6.18. The summed E-state index contributed by atoms with van der Waals surface area (Å²) in [6.07, 6.45) is 7.49. The van der Waals surface area contributed by atoms with Gasteiger partial charge in [-0.25, -0.2) is 0 Å². The molecule has 0 bridgehead atoms. The third-order valence-corrected chi connectivity index (χ3v) is 6.05. The van der Waals surface area contributed by atoms with Crippen molar-refractivity contribution >= 4 is 22.6 Å². The molecule has 0 aliphatic carbocycles. The Morgan fingerprint density at radius 1 is 1.47 bits per heavy atom. The highest BCUT2D eigenvalue weighted by Gasteiger charge is 2.38. The molecule has 0 aromatic heterocycles. The van der Waals surface area contributed by atoms with Crippen LogP contribution in [0.5, 0.6) is 0 Å². The lowest BCUT2D eigenvalue weighted by Crippen LogP contribution is -2.50. The molecular weight excluding hydrogens is 278 g/mol. The van der Waals surface area contributed by atoms with Crippen LogP contribution in [0.3, 0.4) is 0 Å². The normalized spacial score (nSPS) is 30.1. The van der Waals surface area contributed by atoms with Gasteiger partial charge in [-0.1, -0.05) is 0 Å². The van der Waals surface area contributed by atoms with Gasteiger partial charge in [-0.2, -0.15) is 11.8 Å². The van der Waals surface area contributed by atoms with E-state index in [1.54, 1.807) is 6.26 Å². The van der Waals surface area contributed by atoms with Gasteiger partial charge in [0.2, 0.25) is 0 Å². The molecular formula is C14H27NO2S2. The zero-order valence-electron chi connectivity index (χ0n) is 12.2. The van der Waals surface area contributed by atoms with Crippen molar-refractivity contribution in [2.75, 3.05) is 30.1 Å². The molecule has 2 heterocycles. The van der Waals surface area contributed by atoms with Crippen LogP contribution in [0.2, 0.25) is 0 Å². The molecule has 3 atom stereocenters. The maximum atomic E-state index is 11.1. The summed E-state index contributed by atoms with van der Waals surface area (Å²) in [5.41, 5.74) is 0.161. The quantitative estimate of drug-likeness (QED) is 0.845.